The van der Waals surface area contributed by atoms with E-state index in [1.807, 2.05) is 35.7 Å². The predicted molar refractivity (Wildman–Crippen MR) is 129 cm³/mol. The van der Waals surface area contributed by atoms with Crippen LogP contribution in [0.4, 0.5) is 10.2 Å². The van der Waals surface area contributed by atoms with Crippen molar-refractivity contribution in [2.75, 3.05) is 50.8 Å². The molecule has 2 atom stereocenters. The second-order valence-electron chi connectivity index (χ2n) is 9.40. The number of piperidine rings is 1. The number of carbonyl (C=O) groups is 1. The first-order valence-electron chi connectivity index (χ1n) is 11.9. The molecule has 2 aliphatic rings. The summed E-state index contributed by atoms with van der Waals surface area (Å²) in [6, 6.07) is 6.11. The summed E-state index contributed by atoms with van der Waals surface area (Å²) in [5.74, 6) is 2.11. The molecule has 0 N–H and O–H groups in total. The minimum Gasteiger partial charge on any atom is -0.378 e. The van der Waals surface area contributed by atoms with Crippen LogP contribution in [0.1, 0.15) is 36.2 Å². The molecule has 2 unspecified atom stereocenters. The Labute approximate surface area is 198 Å². The van der Waals surface area contributed by atoms with Crippen molar-refractivity contribution in [2.45, 2.75) is 39.3 Å². The van der Waals surface area contributed by atoms with Gasteiger partial charge in [-0.15, -0.1) is 0 Å². The van der Waals surface area contributed by atoms with Crippen LogP contribution in [0, 0.1) is 13.8 Å². The lowest BCUT2D eigenvalue weighted by molar-refractivity contribution is -0.118. The predicted octanol–water partition coefficient (Wildman–Crippen LogP) is 2.99. The number of halogens is 1. The van der Waals surface area contributed by atoms with E-state index in [1.54, 1.807) is 6.92 Å². The van der Waals surface area contributed by atoms with Crippen LogP contribution in [-0.2, 0) is 9.53 Å². The molecule has 5 rings (SSSR count). The normalized spacial score (nSPS) is 21.8. The Morgan fingerprint density at radius 3 is 2.62 bits per heavy atom. The summed E-state index contributed by atoms with van der Waals surface area (Å²) in [6.07, 6.45) is 1.50. The number of rotatable bonds is 5. The Balaban J connectivity index is 1.49. The monoisotopic (exact) mass is 466 g/mol. The van der Waals surface area contributed by atoms with Crippen LogP contribution in [0.3, 0.4) is 0 Å². The van der Waals surface area contributed by atoms with E-state index in [0.717, 1.165) is 47.5 Å². The molecule has 1 aromatic carbocycles. The lowest BCUT2D eigenvalue weighted by atomic mass is 9.85. The fraction of sp³-hybridized carbons (Fsp3) is 0.520. The van der Waals surface area contributed by atoms with Crippen LogP contribution in [0.15, 0.2) is 24.4 Å². The van der Waals surface area contributed by atoms with Crippen LogP contribution >= 0.6 is 0 Å². The number of morpholine rings is 1. The molecular formula is C25H31FN6O2. The zero-order valence-electron chi connectivity index (χ0n) is 20.0. The largest absolute Gasteiger partial charge is 0.378 e. The standard InChI is InChI=1S/C25H31FN6O2/c1-16-10-19-13-27-32(25-12-24(28-18(3)29-25)31-6-8-34-9-7-31)23(19)11-21(16)20-4-5-30(14-17(2)33)15-22(20)26/h10-13,20,22H,4-9,14-15H2,1-3H3. The number of alkyl halides is 1. The highest BCUT2D eigenvalue weighted by atomic mass is 19.1. The molecule has 2 aromatic heterocycles. The first-order valence-corrected chi connectivity index (χ1v) is 11.9. The van der Waals surface area contributed by atoms with E-state index < -0.39 is 6.17 Å². The Morgan fingerprint density at radius 1 is 1.12 bits per heavy atom. The highest BCUT2D eigenvalue weighted by Gasteiger charge is 2.32. The number of carbonyl (C=O) groups excluding carboxylic acids is 1. The maximum atomic E-state index is 15.3. The molecule has 0 spiro atoms. The summed E-state index contributed by atoms with van der Waals surface area (Å²) < 4.78 is 22.6. The number of aryl methyl sites for hydroxylation is 2. The number of hydrogen-bond donors (Lipinski definition) is 0. The SMILES string of the molecule is CC(=O)CN1CCC(c2cc3c(cnn3-c3cc(N4CCOCC4)nc(C)n3)cc2C)C(F)C1. The molecule has 0 radical (unpaired) electrons. The average Bonchev–Trinajstić information content (AvgIpc) is 3.21. The van der Waals surface area contributed by atoms with E-state index in [0.29, 0.717) is 37.8 Å². The average molecular weight is 467 g/mol. The fourth-order valence-corrected chi connectivity index (χ4v) is 5.16. The van der Waals surface area contributed by atoms with Crippen LogP contribution in [0.5, 0.6) is 0 Å². The van der Waals surface area contributed by atoms with Crippen LogP contribution in [-0.4, -0.2) is 82.5 Å². The van der Waals surface area contributed by atoms with Gasteiger partial charge in [0, 0.05) is 37.0 Å². The molecule has 2 fully saturated rings. The fourth-order valence-electron chi connectivity index (χ4n) is 5.16. The second-order valence-corrected chi connectivity index (χ2v) is 9.40. The summed E-state index contributed by atoms with van der Waals surface area (Å²) in [5.41, 5.74) is 2.97. The van der Waals surface area contributed by atoms with Gasteiger partial charge < -0.3 is 9.64 Å². The number of aromatic nitrogens is 4. The van der Waals surface area contributed by atoms with Gasteiger partial charge >= 0.3 is 0 Å². The molecule has 34 heavy (non-hydrogen) atoms. The number of anilines is 1. The van der Waals surface area contributed by atoms with E-state index in [4.69, 9.17) is 4.74 Å². The molecular weight excluding hydrogens is 435 g/mol. The van der Waals surface area contributed by atoms with Gasteiger partial charge in [-0.25, -0.2) is 19.0 Å². The van der Waals surface area contributed by atoms with Crippen molar-refractivity contribution in [3.8, 4) is 5.82 Å². The number of Topliss-reactive ketones (excluding diaryl/α,β-unsaturated/α-hetero) is 1. The minimum absolute atomic E-state index is 0.0729. The van der Waals surface area contributed by atoms with Crippen LogP contribution in [0.25, 0.3) is 16.7 Å². The summed E-state index contributed by atoms with van der Waals surface area (Å²) in [6.45, 7) is 9.74. The molecule has 0 amide bonds. The van der Waals surface area contributed by atoms with Crippen molar-refractivity contribution in [3.63, 3.8) is 0 Å². The van der Waals surface area contributed by atoms with E-state index in [1.165, 1.54) is 0 Å². The van der Waals surface area contributed by atoms with Gasteiger partial charge in [0.2, 0.25) is 0 Å². The number of ether oxygens (including phenoxy) is 1. The Kier molecular flexibility index (Phi) is 6.31. The van der Waals surface area contributed by atoms with Crippen molar-refractivity contribution >= 4 is 22.5 Å². The molecule has 9 heteroatoms. The van der Waals surface area contributed by atoms with E-state index in [2.05, 4.69) is 32.1 Å². The maximum absolute atomic E-state index is 15.3. The van der Waals surface area contributed by atoms with Gasteiger partial charge in [-0.05, 0) is 57.0 Å². The van der Waals surface area contributed by atoms with Gasteiger partial charge in [-0.1, -0.05) is 0 Å². The van der Waals surface area contributed by atoms with Crippen molar-refractivity contribution in [1.82, 2.24) is 24.6 Å². The van der Waals surface area contributed by atoms with E-state index >= 15 is 4.39 Å². The third-order valence-corrected chi connectivity index (χ3v) is 6.79. The third-order valence-electron chi connectivity index (χ3n) is 6.79. The van der Waals surface area contributed by atoms with Gasteiger partial charge in [-0.2, -0.15) is 5.10 Å². The van der Waals surface area contributed by atoms with E-state index in [-0.39, 0.29) is 18.2 Å². The topological polar surface area (TPSA) is 76.4 Å². The number of nitrogens with zero attached hydrogens (tertiary/aromatic N) is 6. The Morgan fingerprint density at radius 2 is 1.88 bits per heavy atom. The van der Waals surface area contributed by atoms with Crippen LogP contribution in [0.2, 0.25) is 0 Å². The smallest absolute Gasteiger partial charge is 0.159 e. The maximum Gasteiger partial charge on any atom is 0.159 e. The van der Waals surface area contributed by atoms with Gasteiger partial charge in [-0.3, -0.25) is 9.69 Å². The Hall–Kier alpha value is -2.91. The molecule has 3 aromatic rings. The molecule has 0 bridgehead atoms. The highest BCUT2D eigenvalue weighted by Crippen LogP contribution is 2.35. The lowest BCUT2D eigenvalue weighted by Crippen LogP contribution is -2.42. The lowest BCUT2D eigenvalue weighted by Gasteiger charge is -2.35. The van der Waals surface area contributed by atoms with Crippen LogP contribution < -0.4 is 4.90 Å². The molecule has 4 heterocycles. The summed E-state index contributed by atoms with van der Waals surface area (Å²) in [5, 5.41) is 5.62. The molecule has 8 nitrogen and oxygen atoms in total. The summed E-state index contributed by atoms with van der Waals surface area (Å²) in [4.78, 5) is 24.9. The van der Waals surface area contributed by atoms with Gasteiger partial charge in [0.1, 0.15) is 23.6 Å². The third kappa shape index (κ3) is 4.54. The molecule has 2 aliphatic heterocycles. The number of fused-ring (bicyclic) bond motifs is 1. The summed E-state index contributed by atoms with van der Waals surface area (Å²) in [7, 11) is 0. The molecule has 180 valence electrons. The van der Waals surface area contributed by atoms with E-state index in [9.17, 15) is 4.79 Å². The quantitative estimate of drug-likeness (QED) is 0.572. The van der Waals surface area contributed by atoms with Crippen molar-refractivity contribution < 1.29 is 13.9 Å². The second kappa shape index (κ2) is 9.38. The minimum atomic E-state index is -1.02. The number of ketones is 1. The zero-order valence-corrected chi connectivity index (χ0v) is 20.0. The van der Waals surface area contributed by atoms with Crippen molar-refractivity contribution in [1.29, 1.82) is 0 Å². The molecule has 0 aliphatic carbocycles. The first-order chi connectivity index (χ1) is 16.4. The Bertz CT molecular complexity index is 1210. The molecule has 0 saturated carbocycles. The highest BCUT2D eigenvalue weighted by molar-refractivity contribution is 5.82. The van der Waals surface area contributed by atoms with Crippen molar-refractivity contribution in [3.05, 3.63) is 41.3 Å². The number of benzene rings is 1. The number of likely N-dealkylation sites (tertiary alicyclic amines) is 1. The van der Waals surface area contributed by atoms with Gasteiger partial charge in [0.05, 0.1) is 31.5 Å². The summed E-state index contributed by atoms with van der Waals surface area (Å²) >= 11 is 0. The number of hydrogen-bond acceptors (Lipinski definition) is 7. The van der Waals surface area contributed by atoms with Crippen molar-refractivity contribution in [2.24, 2.45) is 0 Å². The molecule has 2 saturated heterocycles. The first kappa shape index (κ1) is 22.9. The van der Waals surface area contributed by atoms with Gasteiger partial charge in [0.25, 0.3) is 0 Å². The zero-order chi connectivity index (χ0) is 23.8. The van der Waals surface area contributed by atoms with Gasteiger partial charge in [0.15, 0.2) is 5.82 Å².